The third kappa shape index (κ3) is 4.87. The van der Waals surface area contributed by atoms with Crippen molar-refractivity contribution in [2.45, 2.75) is 13.8 Å². The summed E-state index contributed by atoms with van der Waals surface area (Å²) in [6, 6.07) is 3.70. The number of hydrogen-bond acceptors (Lipinski definition) is 4. The summed E-state index contributed by atoms with van der Waals surface area (Å²) in [7, 11) is 1.33. The average Bonchev–Trinajstić information content (AvgIpc) is 2.42. The predicted octanol–water partition coefficient (Wildman–Crippen LogP) is 1.76. The molecule has 6 heteroatoms. The van der Waals surface area contributed by atoms with Crippen molar-refractivity contribution in [2.24, 2.45) is 5.92 Å². The molecule has 1 amide bonds. The minimum absolute atomic E-state index is 0.0277. The van der Waals surface area contributed by atoms with Gasteiger partial charge < -0.3 is 14.8 Å². The second-order valence-electron chi connectivity index (χ2n) is 4.62. The van der Waals surface area contributed by atoms with E-state index in [4.69, 9.17) is 9.47 Å². The van der Waals surface area contributed by atoms with Crippen LogP contribution < -0.4 is 10.1 Å². The van der Waals surface area contributed by atoms with Gasteiger partial charge in [0, 0.05) is 6.54 Å². The molecule has 5 nitrogen and oxygen atoms in total. The fourth-order valence-electron chi connectivity index (χ4n) is 1.38. The Kier molecular flexibility index (Phi) is 5.96. The molecule has 0 unspecified atom stereocenters. The number of amides is 1. The normalized spacial score (nSPS) is 10.2. The lowest BCUT2D eigenvalue weighted by Crippen LogP contribution is -2.31. The molecule has 0 fully saturated rings. The van der Waals surface area contributed by atoms with Gasteiger partial charge in [0.15, 0.2) is 18.2 Å². The van der Waals surface area contributed by atoms with Crippen molar-refractivity contribution in [3.8, 4) is 5.75 Å². The van der Waals surface area contributed by atoms with Crippen LogP contribution in [0.3, 0.4) is 0 Å². The highest BCUT2D eigenvalue weighted by Crippen LogP contribution is 2.18. The van der Waals surface area contributed by atoms with Gasteiger partial charge in [0.2, 0.25) is 0 Å². The zero-order valence-corrected chi connectivity index (χ0v) is 11.7. The van der Waals surface area contributed by atoms with E-state index < -0.39 is 11.8 Å². The van der Waals surface area contributed by atoms with E-state index >= 15 is 0 Å². The predicted molar refractivity (Wildman–Crippen MR) is 71.1 cm³/mol. The van der Waals surface area contributed by atoms with Gasteiger partial charge in [0.25, 0.3) is 5.91 Å². The van der Waals surface area contributed by atoms with E-state index in [0.29, 0.717) is 12.5 Å². The monoisotopic (exact) mass is 283 g/mol. The standard InChI is InChI=1S/C14H18FNO4/c1-9(2)7-16-13(17)8-20-14(18)10-4-5-12(19-3)11(15)6-10/h4-6,9H,7-8H2,1-3H3,(H,16,17). The molecule has 0 atom stereocenters. The van der Waals surface area contributed by atoms with E-state index in [-0.39, 0.29) is 23.8 Å². The van der Waals surface area contributed by atoms with Crippen LogP contribution >= 0.6 is 0 Å². The lowest BCUT2D eigenvalue weighted by Gasteiger charge is -2.08. The quantitative estimate of drug-likeness (QED) is 0.808. The number of rotatable bonds is 6. The van der Waals surface area contributed by atoms with Crippen LogP contribution in [0.4, 0.5) is 4.39 Å². The second kappa shape index (κ2) is 7.47. The third-order valence-electron chi connectivity index (χ3n) is 2.43. The van der Waals surface area contributed by atoms with Crippen LogP contribution in [-0.4, -0.2) is 32.1 Å². The molecular formula is C14H18FNO4. The van der Waals surface area contributed by atoms with Gasteiger partial charge in [-0.3, -0.25) is 4.79 Å². The highest BCUT2D eigenvalue weighted by atomic mass is 19.1. The molecule has 0 aromatic heterocycles. The molecule has 0 radical (unpaired) electrons. The van der Waals surface area contributed by atoms with Gasteiger partial charge in [0.1, 0.15) is 0 Å². The first-order valence-corrected chi connectivity index (χ1v) is 6.21. The van der Waals surface area contributed by atoms with Gasteiger partial charge in [0.05, 0.1) is 12.7 Å². The van der Waals surface area contributed by atoms with Crippen LogP contribution in [0.1, 0.15) is 24.2 Å². The van der Waals surface area contributed by atoms with Crippen molar-refractivity contribution in [1.82, 2.24) is 5.32 Å². The van der Waals surface area contributed by atoms with E-state index in [1.807, 2.05) is 13.8 Å². The molecule has 0 aliphatic carbocycles. The minimum atomic E-state index is -0.758. The van der Waals surface area contributed by atoms with Gasteiger partial charge in [-0.2, -0.15) is 0 Å². The maximum Gasteiger partial charge on any atom is 0.338 e. The Balaban J connectivity index is 2.51. The summed E-state index contributed by atoms with van der Waals surface area (Å²) >= 11 is 0. The van der Waals surface area contributed by atoms with E-state index in [2.05, 4.69) is 5.32 Å². The van der Waals surface area contributed by atoms with E-state index in [1.54, 1.807) is 0 Å². The van der Waals surface area contributed by atoms with E-state index in [9.17, 15) is 14.0 Å². The van der Waals surface area contributed by atoms with Gasteiger partial charge in [-0.15, -0.1) is 0 Å². The molecule has 1 aromatic carbocycles. The summed E-state index contributed by atoms with van der Waals surface area (Å²) in [5, 5.41) is 2.61. The van der Waals surface area contributed by atoms with Gasteiger partial charge >= 0.3 is 5.97 Å². The highest BCUT2D eigenvalue weighted by Gasteiger charge is 2.13. The molecule has 1 N–H and O–H groups in total. The highest BCUT2D eigenvalue weighted by molar-refractivity contribution is 5.91. The molecule has 0 aliphatic rings. The average molecular weight is 283 g/mol. The number of nitrogens with one attached hydrogen (secondary N) is 1. The molecule has 1 aromatic rings. The Morgan fingerprint density at radius 1 is 1.35 bits per heavy atom. The Labute approximate surface area is 117 Å². The Morgan fingerprint density at radius 2 is 2.05 bits per heavy atom. The van der Waals surface area contributed by atoms with E-state index in [1.165, 1.54) is 19.2 Å². The first-order chi connectivity index (χ1) is 9.43. The molecule has 0 saturated carbocycles. The zero-order chi connectivity index (χ0) is 15.1. The van der Waals surface area contributed by atoms with Crippen molar-refractivity contribution in [2.75, 3.05) is 20.3 Å². The number of hydrogen-bond donors (Lipinski definition) is 1. The van der Waals surface area contributed by atoms with Crippen LogP contribution in [0.15, 0.2) is 18.2 Å². The van der Waals surface area contributed by atoms with Crippen molar-refractivity contribution in [3.63, 3.8) is 0 Å². The molecular weight excluding hydrogens is 265 g/mol. The maximum atomic E-state index is 13.4. The number of methoxy groups -OCH3 is 1. The third-order valence-corrected chi connectivity index (χ3v) is 2.43. The van der Waals surface area contributed by atoms with Gasteiger partial charge in [-0.25, -0.2) is 9.18 Å². The number of carbonyl (C=O) groups is 2. The summed E-state index contributed by atoms with van der Waals surface area (Å²) in [6.07, 6.45) is 0. The molecule has 110 valence electrons. The van der Waals surface area contributed by atoms with Crippen molar-refractivity contribution >= 4 is 11.9 Å². The largest absolute Gasteiger partial charge is 0.494 e. The summed E-state index contributed by atoms with van der Waals surface area (Å²) in [4.78, 5) is 23.0. The molecule has 0 heterocycles. The van der Waals surface area contributed by atoms with Crippen LogP contribution in [-0.2, 0) is 9.53 Å². The fraction of sp³-hybridized carbons (Fsp3) is 0.429. The number of carbonyl (C=O) groups excluding carboxylic acids is 2. The van der Waals surface area contributed by atoms with Crippen molar-refractivity contribution in [3.05, 3.63) is 29.6 Å². The van der Waals surface area contributed by atoms with Gasteiger partial charge in [-0.05, 0) is 24.1 Å². The topological polar surface area (TPSA) is 64.6 Å². The number of halogens is 1. The molecule has 1 rings (SSSR count). The molecule has 0 aliphatic heterocycles. The summed E-state index contributed by atoms with van der Waals surface area (Å²) in [5.74, 6) is -1.46. The number of ether oxygens (including phenoxy) is 2. The van der Waals surface area contributed by atoms with Crippen LogP contribution in [0, 0.1) is 11.7 Å². The summed E-state index contributed by atoms with van der Waals surface area (Å²) in [5.41, 5.74) is 0.0277. The SMILES string of the molecule is COc1ccc(C(=O)OCC(=O)NCC(C)C)cc1F. The Hall–Kier alpha value is -2.11. The first kappa shape index (κ1) is 15.9. The lowest BCUT2D eigenvalue weighted by molar-refractivity contribution is -0.124. The molecule has 20 heavy (non-hydrogen) atoms. The minimum Gasteiger partial charge on any atom is -0.494 e. The number of benzene rings is 1. The fourth-order valence-corrected chi connectivity index (χ4v) is 1.38. The summed E-state index contributed by atoms with van der Waals surface area (Å²) < 4.78 is 22.9. The Morgan fingerprint density at radius 3 is 2.60 bits per heavy atom. The lowest BCUT2D eigenvalue weighted by atomic mass is 10.2. The molecule has 0 spiro atoms. The second-order valence-corrected chi connectivity index (χ2v) is 4.62. The Bertz CT molecular complexity index is 488. The van der Waals surface area contributed by atoms with Crippen LogP contribution in [0.2, 0.25) is 0 Å². The molecule has 0 bridgehead atoms. The van der Waals surface area contributed by atoms with Crippen molar-refractivity contribution in [1.29, 1.82) is 0 Å². The molecule has 0 saturated heterocycles. The summed E-state index contributed by atoms with van der Waals surface area (Å²) in [6.45, 7) is 4.02. The first-order valence-electron chi connectivity index (χ1n) is 6.21. The zero-order valence-electron chi connectivity index (χ0n) is 11.7. The van der Waals surface area contributed by atoms with Crippen LogP contribution in [0.5, 0.6) is 5.75 Å². The van der Waals surface area contributed by atoms with Crippen LogP contribution in [0.25, 0.3) is 0 Å². The smallest absolute Gasteiger partial charge is 0.338 e. The maximum absolute atomic E-state index is 13.4. The van der Waals surface area contributed by atoms with Gasteiger partial charge in [-0.1, -0.05) is 13.8 Å². The van der Waals surface area contributed by atoms with E-state index in [0.717, 1.165) is 6.07 Å². The van der Waals surface area contributed by atoms with Crippen molar-refractivity contribution < 1.29 is 23.5 Å². The number of esters is 1.